The quantitative estimate of drug-likeness (QED) is 0.838. The fourth-order valence-electron chi connectivity index (χ4n) is 3.78. The molecule has 1 aromatic rings. The molecule has 3 aliphatic rings. The molecule has 0 amide bonds. The number of alkyl halides is 2. The van der Waals surface area contributed by atoms with Gasteiger partial charge in [-0.15, -0.1) is 0 Å². The van der Waals surface area contributed by atoms with Crippen LogP contribution in [0.5, 0.6) is 5.75 Å². The van der Waals surface area contributed by atoms with E-state index in [2.05, 4.69) is 14.9 Å². The Morgan fingerprint density at radius 2 is 1.81 bits per heavy atom. The minimum Gasteiger partial charge on any atom is -0.484 e. The van der Waals surface area contributed by atoms with Gasteiger partial charge in [-0.3, -0.25) is 0 Å². The van der Waals surface area contributed by atoms with Gasteiger partial charge < -0.3 is 9.64 Å². The van der Waals surface area contributed by atoms with Crippen LogP contribution in [0.2, 0.25) is 0 Å². The molecule has 2 atom stereocenters. The zero-order valence-corrected chi connectivity index (χ0v) is 11.9. The van der Waals surface area contributed by atoms with Crippen LogP contribution in [-0.2, 0) is 0 Å². The number of aromatic nitrogens is 2. The Morgan fingerprint density at radius 3 is 2.57 bits per heavy atom. The molecule has 1 aliphatic carbocycles. The summed E-state index contributed by atoms with van der Waals surface area (Å²) >= 11 is 0. The van der Waals surface area contributed by atoms with Crippen LogP contribution >= 0.6 is 0 Å². The van der Waals surface area contributed by atoms with Crippen molar-refractivity contribution in [3.63, 3.8) is 0 Å². The summed E-state index contributed by atoms with van der Waals surface area (Å²) in [6, 6.07) is 0. The molecule has 4 nitrogen and oxygen atoms in total. The third-order valence-electron chi connectivity index (χ3n) is 4.81. The highest BCUT2D eigenvalue weighted by molar-refractivity contribution is 5.58. The van der Waals surface area contributed by atoms with Gasteiger partial charge in [0, 0.05) is 19.0 Å². The summed E-state index contributed by atoms with van der Waals surface area (Å²) in [5.41, 5.74) is 0.729. The average molecular weight is 295 g/mol. The molecule has 2 fully saturated rings. The van der Waals surface area contributed by atoms with Gasteiger partial charge >= 0.3 is 0 Å². The van der Waals surface area contributed by atoms with E-state index >= 15 is 0 Å². The molecule has 2 unspecified atom stereocenters. The van der Waals surface area contributed by atoms with Gasteiger partial charge in [-0.05, 0) is 32.1 Å². The van der Waals surface area contributed by atoms with E-state index in [1.54, 1.807) is 0 Å². The third-order valence-corrected chi connectivity index (χ3v) is 4.81. The molecule has 2 aliphatic heterocycles. The molecule has 1 aromatic heterocycles. The Labute approximate surface area is 122 Å². The first-order valence-corrected chi connectivity index (χ1v) is 7.85. The number of fused-ring (bicyclic) bond motifs is 3. The predicted molar refractivity (Wildman–Crippen MR) is 74.1 cm³/mol. The average Bonchev–Trinajstić information content (AvgIpc) is 3.13. The van der Waals surface area contributed by atoms with Crippen molar-refractivity contribution < 1.29 is 13.5 Å². The number of anilines is 1. The van der Waals surface area contributed by atoms with Crippen LogP contribution in [0.3, 0.4) is 0 Å². The van der Waals surface area contributed by atoms with Crippen molar-refractivity contribution in [1.29, 1.82) is 0 Å². The van der Waals surface area contributed by atoms with E-state index in [1.165, 1.54) is 0 Å². The van der Waals surface area contributed by atoms with E-state index in [-0.39, 0.29) is 17.8 Å². The molecule has 4 rings (SSSR count). The zero-order chi connectivity index (χ0) is 14.4. The fraction of sp³-hybridized carbons (Fsp3) is 0.733. The van der Waals surface area contributed by atoms with Crippen molar-refractivity contribution in [3.05, 3.63) is 11.5 Å². The molecular formula is C15H19F2N3O. The molecule has 0 N–H and O–H groups in total. The second-order valence-electron chi connectivity index (χ2n) is 6.16. The molecule has 0 radical (unpaired) electrons. The van der Waals surface area contributed by atoms with E-state index in [9.17, 15) is 8.78 Å². The van der Waals surface area contributed by atoms with Crippen molar-refractivity contribution in [3.8, 4) is 5.75 Å². The van der Waals surface area contributed by atoms with Crippen LogP contribution in [0.15, 0.2) is 0 Å². The van der Waals surface area contributed by atoms with Gasteiger partial charge in [0.2, 0.25) is 0 Å². The standard InChI is InChI=1S/C15H19F2N3O/c16-13(17)14-18-11-9-5-1-2-6-10(9)21-12(11)15(19-14)20-7-3-4-8-20/h9-10,13H,1-8H2. The van der Waals surface area contributed by atoms with Crippen LogP contribution in [0.1, 0.15) is 62.4 Å². The highest BCUT2D eigenvalue weighted by atomic mass is 19.3. The molecule has 114 valence electrons. The molecular weight excluding hydrogens is 276 g/mol. The van der Waals surface area contributed by atoms with Gasteiger partial charge in [0.25, 0.3) is 6.43 Å². The maximum absolute atomic E-state index is 13.1. The Balaban J connectivity index is 1.80. The maximum Gasteiger partial charge on any atom is 0.297 e. The van der Waals surface area contributed by atoms with Crippen molar-refractivity contribution in [2.45, 2.75) is 57.0 Å². The number of ether oxygens (including phenoxy) is 1. The highest BCUT2D eigenvalue weighted by Gasteiger charge is 2.41. The largest absolute Gasteiger partial charge is 0.484 e. The molecule has 1 saturated heterocycles. The summed E-state index contributed by atoms with van der Waals surface area (Å²) in [5, 5.41) is 0. The number of hydrogen-bond acceptors (Lipinski definition) is 4. The minimum atomic E-state index is -2.63. The second kappa shape index (κ2) is 5.07. The first-order chi connectivity index (χ1) is 10.2. The van der Waals surface area contributed by atoms with Gasteiger partial charge in [-0.25, -0.2) is 18.7 Å². The first kappa shape index (κ1) is 13.2. The number of hydrogen-bond donors (Lipinski definition) is 0. The Bertz CT molecular complexity index is 546. The molecule has 1 saturated carbocycles. The van der Waals surface area contributed by atoms with E-state index in [1.807, 2.05) is 0 Å². The van der Waals surface area contributed by atoms with E-state index in [0.717, 1.165) is 57.3 Å². The lowest BCUT2D eigenvalue weighted by atomic mass is 9.85. The monoisotopic (exact) mass is 295 g/mol. The summed E-state index contributed by atoms with van der Waals surface area (Å²) in [6.07, 6.45) is 3.88. The fourth-order valence-corrected chi connectivity index (χ4v) is 3.78. The maximum atomic E-state index is 13.1. The lowest BCUT2D eigenvalue weighted by Gasteiger charge is -2.23. The van der Waals surface area contributed by atoms with E-state index < -0.39 is 6.43 Å². The SMILES string of the molecule is FC(F)c1nc2c(c(N3CCCC3)n1)OC1CCCCC21. The summed E-state index contributed by atoms with van der Waals surface area (Å²) in [7, 11) is 0. The zero-order valence-electron chi connectivity index (χ0n) is 11.9. The Morgan fingerprint density at radius 1 is 1.05 bits per heavy atom. The molecule has 0 aromatic carbocycles. The van der Waals surface area contributed by atoms with Gasteiger partial charge in [-0.1, -0.05) is 6.42 Å². The molecule has 21 heavy (non-hydrogen) atoms. The number of halogens is 2. The van der Waals surface area contributed by atoms with E-state index in [0.29, 0.717) is 11.6 Å². The van der Waals surface area contributed by atoms with Crippen LogP contribution in [0, 0.1) is 0 Å². The van der Waals surface area contributed by atoms with Gasteiger partial charge in [-0.2, -0.15) is 0 Å². The molecule has 0 spiro atoms. The summed E-state index contributed by atoms with van der Waals surface area (Å²) in [6.45, 7) is 1.73. The second-order valence-corrected chi connectivity index (χ2v) is 6.16. The lowest BCUT2D eigenvalue weighted by molar-refractivity contribution is 0.140. The third kappa shape index (κ3) is 2.15. The van der Waals surface area contributed by atoms with Crippen molar-refractivity contribution in [2.24, 2.45) is 0 Å². The predicted octanol–water partition coefficient (Wildman–Crippen LogP) is 3.43. The van der Waals surface area contributed by atoms with Gasteiger partial charge in [0.15, 0.2) is 17.4 Å². The topological polar surface area (TPSA) is 38.2 Å². The summed E-state index contributed by atoms with van der Waals surface area (Å²) < 4.78 is 32.4. The lowest BCUT2D eigenvalue weighted by Crippen LogP contribution is -2.23. The summed E-state index contributed by atoms with van der Waals surface area (Å²) in [4.78, 5) is 10.4. The van der Waals surface area contributed by atoms with Crippen LogP contribution in [0.25, 0.3) is 0 Å². The molecule has 6 heteroatoms. The van der Waals surface area contributed by atoms with Crippen LogP contribution in [0.4, 0.5) is 14.6 Å². The van der Waals surface area contributed by atoms with Gasteiger partial charge in [0.05, 0.1) is 5.69 Å². The molecule has 3 heterocycles. The normalized spacial score (nSPS) is 27.7. The Hall–Kier alpha value is -1.46. The smallest absolute Gasteiger partial charge is 0.297 e. The Kier molecular flexibility index (Phi) is 3.19. The van der Waals surface area contributed by atoms with Crippen LogP contribution in [-0.4, -0.2) is 29.2 Å². The van der Waals surface area contributed by atoms with E-state index in [4.69, 9.17) is 4.74 Å². The molecule has 0 bridgehead atoms. The number of nitrogens with zero attached hydrogens (tertiary/aromatic N) is 3. The minimum absolute atomic E-state index is 0.109. The first-order valence-electron chi connectivity index (χ1n) is 7.85. The van der Waals surface area contributed by atoms with Crippen molar-refractivity contribution >= 4 is 5.82 Å². The number of rotatable bonds is 2. The highest BCUT2D eigenvalue weighted by Crippen LogP contribution is 2.48. The van der Waals surface area contributed by atoms with Crippen molar-refractivity contribution in [1.82, 2.24) is 9.97 Å². The van der Waals surface area contributed by atoms with Crippen molar-refractivity contribution in [2.75, 3.05) is 18.0 Å². The van der Waals surface area contributed by atoms with Crippen LogP contribution < -0.4 is 9.64 Å². The summed E-state index contributed by atoms with van der Waals surface area (Å²) in [5.74, 6) is 1.11. The van der Waals surface area contributed by atoms with Gasteiger partial charge in [0.1, 0.15) is 6.10 Å².